The summed E-state index contributed by atoms with van der Waals surface area (Å²) < 4.78 is 6.69. The van der Waals surface area contributed by atoms with Crippen LogP contribution in [0.25, 0.3) is 0 Å². The SMILES string of the molecule is CC1(CNCCOc2cccc(Br)c2)CC1. The predicted octanol–water partition coefficient (Wildman–Crippen LogP) is 3.22. The van der Waals surface area contributed by atoms with Crippen LogP contribution in [-0.2, 0) is 0 Å². The molecule has 1 aliphatic carbocycles. The molecule has 0 spiro atoms. The molecule has 1 aromatic carbocycles. The van der Waals surface area contributed by atoms with Gasteiger partial charge in [-0.25, -0.2) is 0 Å². The van der Waals surface area contributed by atoms with Crippen molar-refractivity contribution in [2.45, 2.75) is 19.8 Å². The molecule has 1 saturated carbocycles. The lowest BCUT2D eigenvalue weighted by Crippen LogP contribution is -2.26. The van der Waals surface area contributed by atoms with Crippen LogP contribution in [-0.4, -0.2) is 19.7 Å². The fourth-order valence-electron chi connectivity index (χ4n) is 1.58. The second-order valence-corrected chi connectivity index (χ2v) is 5.71. The van der Waals surface area contributed by atoms with Crippen molar-refractivity contribution in [1.29, 1.82) is 0 Å². The number of nitrogens with one attached hydrogen (secondary N) is 1. The highest BCUT2D eigenvalue weighted by atomic mass is 79.9. The molecule has 88 valence electrons. The lowest BCUT2D eigenvalue weighted by Gasteiger charge is -2.10. The lowest BCUT2D eigenvalue weighted by molar-refractivity contribution is 0.308. The number of hydrogen-bond donors (Lipinski definition) is 1. The van der Waals surface area contributed by atoms with Gasteiger partial charge in [0.15, 0.2) is 0 Å². The Balaban J connectivity index is 1.60. The summed E-state index contributed by atoms with van der Waals surface area (Å²) in [6, 6.07) is 7.95. The van der Waals surface area contributed by atoms with Crippen LogP contribution in [0.1, 0.15) is 19.8 Å². The van der Waals surface area contributed by atoms with Gasteiger partial charge in [-0.2, -0.15) is 0 Å². The zero-order valence-corrected chi connectivity index (χ0v) is 11.2. The minimum Gasteiger partial charge on any atom is -0.492 e. The highest BCUT2D eigenvalue weighted by Gasteiger charge is 2.36. The van der Waals surface area contributed by atoms with Gasteiger partial charge in [0.1, 0.15) is 12.4 Å². The Bertz CT molecular complexity index is 350. The van der Waals surface area contributed by atoms with Gasteiger partial charge in [-0.1, -0.05) is 28.9 Å². The van der Waals surface area contributed by atoms with E-state index >= 15 is 0 Å². The smallest absolute Gasteiger partial charge is 0.120 e. The number of hydrogen-bond acceptors (Lipinski definition) is 2. The van der Waals surface area contributed by atoms with Crippen molar-refractivity contribution in [1.82, 2.24) is 5.32 Å². The van der Waals surface area contributed by atoms with Crippen molar-refractivity contribution in [2.24, 2.45) is 5.41 Å². The lowest BCUT2D eigenvalue weighted by atomic mass is 10.1. The summed E-state index contributed by atoms with van der Waals surface area (Å²) in [5.41, 5.74) is 0.579. The summed E-state index contributed by atoms with van der Waals surface area (Å²) in [6.07, 6.45) is 2.74. The van der Waals surface area contributed by atoms with Crippen LogP contribution >= 0.6 is 15.9 Å². The summed E-state index contributed by atoms with van der Waals surface area (Å²) in [5, 5.41) is 3.44. The Kier molecular flexibility index (Phi) is 3.87. The first-order valence-corrected chi connectivity index (χ1v) is 6.56. The Hall–Kier alpha value is -0.540. The zero-order valence-electron chi connectivity index (χ0n) is 9.63. The van der Waals surface area contributed by atoms with Crippen LogP contribution < -0.4 is 10.1 Å². The second-order valence-electron chi connectivity index (χ2n) is 4.79. The highest BCUT2D eigenvalue weighted by Crippen LogP contribution is 2.43. The van der Waals surface area contributed by atoms with Crippen LogP contribution in [0, 0.1) is 5.41 Å². The molecule has 2 rings (SSSR count). The van der Waals surface area contributed by atoms with Crippen LogP contribution in [0.5, 0.6) is 5.75 Å². The molecule has 1 fully saturated rings. The van der Waals surface area contributed by atoms with Gasteiger partial charge in [-0.3, -0.25) is 0 Å². The maximum absolute atomic E-state index is 5.63. The van der Waals surface area contributed by atoms with Gasteiger partial charge in [-0.05, 0) is 36.5 Å². The van der Waals surface area contributed by atoms with Crippen molar-refractivity contribution in [2.75, 3.05) is 19.7 Å². The summed E-state index contributed by atoms with van der Waals surface area (Å²) in [5.74, 6) is 0.925. The maximum atomic E-state index is 5.63. The average molecular weight is 284 g/mol. The van der Waals surface area contributed by atoms with Crippen molar-refractivity contribution < 1.29 is 4.74 Å². The molecule has 0 aliphatic heterocycles. The van der Waals surface area contributed by atoms with Crippen LogP contribution in [0.15, 0.2) is 28.7 Å². The molecule has 16 heavy (non-hydrogen) atoms. The molecule has 1 aliphatic rings. The van der Waals surface area contributed by atoms with E-state index in [1.165, 1.54) is 12.8 Å². The van der Waals surface area contributed by atoms with Gasteiger partial charge in [0.2, 0.25) is 0 Å². The van der Waals surface area contributed by atoms with Gasteiger partial charge in [0.05, 0.1) is 0 Å². The van der Waals surface area contributed by atoms with E-state index in [9.17, 15) is 0 Å². The summed E-state index contributed by atoms with van der Waals surface area (Å²) in [7, 11) is 0. The zero-order chi connectivity index (χ0) is 11.4. The average Bonchev–Trinajstić information content (AvgIpc) is 2.96. The van der Waals surface area contributed by atoms with Crippen molar-refractivity contribution in [3.05, 3.63) is 28.7 Å². The number of benzene rings is 1. The quantitative estimate of drug-likeness (QED) is 0.810. The van der Waals surface area contributed by atoms with Gasteiger partial charge >= 0.3 is 0 Å². The number of rotatable bonds is 6. The van der Waals surface area contributed by atoms with Gasteiger partial charge in [0.25, 0.3) is 0 Å². The first-order valence-electron chi connectivity index (χ1n) is 5.77. The molecule has 0 bridgehead atoms. The fraction of sp³-hybridized carbons (Fsp3) is 0.538. The molecule has 1 N–H and O–H groups in total. The summed E-state index contributed by atoms with van der Waals surface area (Å²) in [6.45, 7) is 5.10. The maximum Gasteiger partial charge on any atom is 0.120 e. The Morgan fingerprint density at radius 1 is 1.44 bits per heavy atom. The first-order chi connectivity index (χ1) is 7.68. The molecule has 0 amide bonds. The third-order valence-corrected chi connectivity index (χ3v) is 3.49. The van der Waals surface area contributed by atoms with Gasteiger partial charge in [-0.15, -0.1) is 0 Å². The monoisotopic (exact) mass is 283 g/mol. The van der Waals surface area contributed by atoms with E-state index in [1.807, 2.05) is 24.3 Å². The minimum atomic E-state index is 0.579. The molecule has 0 atom stereocenters. The van der Waals surface area contributed by atoms with Crippen LogP contribution in [0.2, 0.25) is 0 Å². The normalized spacial score (nSPS) is 17.1. The molecule has 0 heterocycles. The third-order valence-electron chi connectivity index (χ3n) is 3.00. The molecule has 0 aromatic heterocycles. The largest absolute Gasteiger partial charge is 0.492 e. The van der Waals surface area contributed by atoms with Crippen molar-refractivity contribution in [3.8, 4) is 5.75 Å². The molecule has 2 nitrogen and oxygen atoms in total. The molecule has 1 aromatic rings. The first kappa shape index (κ1) is 11.9. The van der Waals surface area contributed by atoms with E-state index in [4.69, 9.17) is 4.74 Å². The number of ether oxygens (including phenoxy) is 1. The molecular formula is C13H18BrNO. The molecule has 3 heteroatoms. The van der Waals surface area contributed by atoms with Crippen LogP contribution in [0.4, 0.5) is 0 Å². The molecular weight excluding hydrogens is 266 g/mol. The van der Waals surface area contributed by atoms with E-state index in [-0.39, 0.29) is 0 Å². The number of halogens is 1. The highest BCUT2D eigenvalue weighted by molar-refractivity contribution is 9.10. The van der Waals surface area contributed by atoms with Crippen molar-refractivity contribution in [3.63, 3.8) is 0 Å². The second kappa shape index (κ2) is 5.19. The standard InChI is InChI=1S/C13H18BrNO/c1-13(5-6-13)10-15-7-8-16-12-4-2-3-11(14)9-12/h2-4,9,15H,5-8,10H2,1H3. The Morgan fingerprint density at radius 2 is 2.25 bits per heavy atom. The van der Waals surface area contributed by atoms with Crippen molar-refractivity contribution >= 4 is 15.9 Å². The van der Waals surface area contributed by atoms with E-state index in [2.05, 4.69) is 28.2 Å². The van der Waals surface area contributed by atoms with Crippen LogP contribution in [0.3, 0.4) is 0 Å². The van der Waals surface area contributed by atoms with Gasteiger partial charge < -0.3 is 10.1 Å². The summed E-state index contributed by atoms with van der Waals surface area (Å²) >= 11 is 3.42. The van der Waals surface area contributed by atoms with Gasteiger partial charge in [0, 0.05) is 17.6 Å². The Labute approximate surface area is 106 Å². The molecule has 0 radical (unpaired) electrons. The third kappa shape index (κ3) is 3.80. The van der Waals surface area contributed by atoms with E-state index in [0.29, 0.717) is 5.41 Å². The Morgan fingerprint density at radius 3 is 2.94 bits per heavy atom. The topological polar surface area (TPSA) is 21.3 Å². The summed E-state index contributed by atoms with van der Waals surface area (Å²) in [4.78, 5) is 0. The minimum absolute atomic E-state index is 0.579. The van der Waals surface area contributed by atoms with E-state index in [0.717, 1.165) is 29.9 Å². The molecule has 0 saturated heterocycles. The van der Waals surface area contributed by atoms with E-state index < -0.39 is 0 Å². The fourth-order valence-corrected chi connectivity index (χ4v) is 1.96. The molecule has 0 unspecified atom stereocenters. The predicted molar refractivity (Wildman–Crippen MR) is 69.8 cm³/mol. The van der Waals surface area contributed by atoms with E-state index in [1.54, 1.807) is 0 Å².